The minimum atomic E-state index is 0.760. The second kappa shape index (κ2) is 7.22. The summed E-state index contributed by atoms with van der Waals surface area (Å²) >= 11 is 11.8. The van der Waals surface area contributed by atoms with Gasteiger partial charge in [-0.1, -0.05) is 18.0 Å². The number of hydrogen-bond acceptors (Lipinski definition) is 2. The first kappa shape index (κ1) is 14.0. The molecule has 0 aromatic heterocycles. The lowest BCUT2D eigenvalue weighted by molar-refractivity contribution is 0.352. The summed E-state index contributed by atoms with van der Waals surface area (Å²) in [6.07, 6.45) is 4.41. The SMILES string of the molecule is ClCCCCCNCc1cc(Cl)cc2c1OCC2. The van der Waals surface area contributed by atoms with Crippen molar-refractivity contribution in [2.45, 2.75) is 32.2 Å². The summed E-state index contributed by atoms with van der Waals surface area (Å²) < 4.78 is 5.66. The second-order valence-corrected chi connectivity index (χ2v) is 5.39. The molecule has 1 heterocycles. The Bertz CT molecular complexity index is 396. The number of benzene rings is 1. The number of unbranched alkanes of at least 4 members (excludes halogenated alkanes) is 2. The third-order valence-electron chi connectivity index (χ3n) is 3.13. The first-order valence-electron chi connectivity index (χ1n) is 6.52. The van der Waals surface area contributed by atoms with Crippen molar-refractivity contribution in [2.75, 3.05) is 19.0 Å². The average Bonchev–Trinajstić information content (AvgIpc) is 2.81. The Kier molecular flexibility index (Phi) is 5.61. The molecular weight excluding hydrogens is 269 g/mol. The summed E-state index contributed by atoms with van der Waals surface area (Å²) in [6.45, 7) is 2.61. The highest BCUT2D eigenvalue weighted by Gasteiger charge is 2.16. The van der Waals surface area contributed by atoms with Gasteiger partial charge >= 0.3 is 0 Å². The van der Waals surface area contributed by atoms with Crippen LogP contribution < -0.4 is 10.1 Å². The molecule has 100 valence electrons. The van der Waals surface area contributed by atoms with Gasteiger partial charge in [0.1, 0.15) is 5.75 Å². The molecule has 0 spiro atoms. The van der Waals surface area contributed by atoms with Gasteiger partial charge in [-0.15, -0.1) is 11.6 Å². The molecule has 0 fully saturated rings. The minimum absolute atomic E-state index is 0.760. The van der Waals surface area contributed by atoms with Gasteiger partial charge in [0.2, 0.25) is 0 Å². The zero-order valence-electron chi connectivity index (χ0n) is 10.5. The van der Waals surface area contributed by atoms with Crippen LogP contribution >= 0.6 is 23.2 Å². The van der Waals surface area contributed by atoms with Crippen molar-refractivity contribution >= 4 is 23.2 Å². The van der Waals surface area contributed by atoms with Crippen LogP contribution in [0, 0.1) is 0 Å². The van der Waals surface area contributed by atoms with Gasteiger partial charge in [-0.25, -0.2) is 0 Å². The van der Waals surface area contributed by atoms with Crippen molar-refractivity contribution < 1.29 is 4.74 Å². The van der Waals surface area contributed by atoms with Crippen LogP contribution in [0.15, 0.2) is 12.1 Å². The monoisotopic (exact) mass is 287 g/mol. The maximum Gasteiger partial charge on any atom is 0.127 e. The molecule has 0 unspecified atom stereocenters. The summed E-state index contributed by atoms with van der Waals surface area (Å²) in [6, 6.07) is 4.01. The third-order valence-corrected chi connectivity index (χ3v) is 3.61. The third kappa shape index (κ3) is 3.78. The van der Waals surface area contributed by atoms with E-state index in [4.69, 9.17) is 27.9 Å². The van der Waals surface area contributed by atoms with Crippen LogP contribution in [-0.2, 0) is 13.0 Å². The fourth-order valence-electron chi connectivity index (χ4n) is 2.22. The van der Waals surface area contributed by atoms with Crippen molar-refractivity contribution in [2.24, 2.45) is 0 Å². The summed E-state index contributed by atoms with van der Waals surface area (Å²) in [5.41, 5.74) is 2.41. The van der Waals surface area contributed by atoms with Gasteiger partial charge < -0.3 is 10.1 Å². The minimum Gasteiger partial charge on any atom is -0.493 e. The number of alkyl halides is 1. The van der Waals surface area contributed by atoms with E-state index in [1.165, 1.54) is 17.5 Å². The van der Waals surface area contributed by atoms with E-state index in [0.717, 1.165) is 55.6 Å². The predicted octanol–water partition coefficient (Wildman–Crippen LogP) is 3.77. The van der Waals surface area contributed by atoms with Gasteiger partial charge in [0.25, 0.3) is 0 Å². The van der Waals surface area contributed by atoms with Gasteiger partial charge in [-0.05, 0) is 37.1 Å². The first-order valence-corrected chi connectivity index (χ1v) is 7.43. The Balaban J connectivity index is 1.82. The van der Waals surface area contributed by atoms with Crippen LogP contribution in [0.3, 0.4) is 0 Å². The predicted molar refractivity (Wildman–Crippen MR) is 76.9 cm³/mol. The number of nitrogens with one attached hydrogen (secondary N) is 1. The highest BCUT2D eigenvalue weighted by molar-refractivity contribution is 6.30. The molecule has 0 radical (unpaired) electrons. The molecule has 0 amide bonds. The van der Waals surface area contributed by atoms with Gasteiger partial charge in [0.15, 0.2) is 0 Å². The zero-order chi connectivity index (χ0) is 12.8. The van der Waals surface area contributed by atoms with Crippen LogP contribution in [0.25, 0.3) is 0 Å². The Morgan fingerprint density at radius 3 is 2.94 bits per heavy atom. The number of ether oxygens (including phenoxy) is 1. The van der Waals surface area contributed by atoms with Crippen molar-refractivity contribution in [3.05, 3.63) is 28.3 Å². The Hall–Kier alpha value is -0.440. The molecule has 0 saturated heterocycles. The normalized spacial score (nSPS) is 13.4. The van der Waals surface area contributed by atoms with Crippen molar-refractivity contribution in [1.82, 2.24) is 5.32 Å². The molecule has 1 N–H and O–H groups in total. The molecule has 1 aliphatic rings. The Morgan fingerprint density at radius 1 is 1.22 bits per heavy atom. The molecule has 2 rings (SSSR count). The lowest BCUT2D eigenvalue weighted by Crippen LogP contribution is -2.15. The lowest BCUT2D eigenvalue weighted by Gasteiger charge is -2.10. The summed E-state index contributed by atoms with van der Waals surface area (Å²) in [4.78, 5) is 0. The van der Waals surface area contributed by atoms with E-state index in [1.807, 2.05) is 12.1 Å². The first-order chi connectivity index (χ1) is 8.81. The Labute approximate surface area is 119 Å². The van der Waals surface area contributed by atoms with Crippen LogP contribution in [0.5, 0.6) is 5.75 Å². The second-order valence-electron chi connectivity index (χ2n) is 4.58. The van der Waals surface area contributed by atoms with Crippen molar-refractivity contribution in [1.29, 1.82) is 0 Å². The smallest absolute Gasteiger partial charge is 0.127 e. The summed E-state index contributed by atoms with van der Waals surface area (Å²) in [5.74, 6) is 1.79. The largest absolute Gasteiger partial charge is 0.493 e. The molecule has 0 saturated carbocycles. The van der Waals surface area contributed by atoms with Crippen LogP contribution in [0.2, 0.25) is 5.02 Å². The quantitative estimate of drug-likeness (QED) is 0.609. The standard InChI is InChI=1S/C14H19Cl2NO/c15-5-2-1-3-6-17-10-12-9-13(16)8-11-4-7-18-14(11)12/h8-9,17H,1-7,10H2. The van der Waals surface area contributed by atoms with Crippen molar-refractivity contribution in [3.63, 3.8) is 0 Å². The molecule has 0 aliphatic carbocycles. The molecule has 2 nitrogen and oxygen atoms in total. The van der Waals surface area contributed by atoms with E-state index in [2.05, 4.69) is 5.32 Å². The number of fused-ring (bicyclic) bond motifs is 1. The molecule has 18 heavy (non-hydrogen) atoms. The van der Waals surface area contributed by atoms with Gasteiger partial charge in [0.05, 0.1) is 6.61 Å². The highest BCUT2D eigenvalue weighted by Crippen LogP contribution is 2.32. The molecule has 4 heteroatoms. The number of rotatable bonds is 7. The molecule has 0 atom stereocenters. The van der Waals surface area contributed by atoms with E-state index in [0.29, 0.717) is 0 Å². The number of hydrogen-bond donors (Lipinski definition) is 1. The van der Waals surface area contributed by atoms with Gasteiger partial charge in [0, 0.05) is 29.4 Å². The highest BCUT2D eigenvalue weighted by atomic mass is 35.5. The van der Waals surface area contributed by atoms with E-state index in [9.17, 15) is 0 Å². The summed E-state index contributed by atoms with van der Waals surface area (Å²) in [7, 11) is 0. The van der Waals surface area contributed by atoms with E-state index in [1.54, 1.807) is 0 Å². The molecular formula is C14H19Cl2NO. The van der Waals surface area contributed by atoms with Gasteiger partial charge in [-0.3, -0.25) is 0 Å². The van der Waals surface area contributed by atoms with Crippen molar-refractivity contribution in [3.8, 4) is 5.75 Å². The van der Waals surface area contributed by atoms with Crippen LogP contribution in [-0.4, -0.2) is 19.0 Å². The molecule has 1 aromatic rings. The van der Waals surface area contributed by atoms with Crippen LogP contribution in [0.1, 0.15) is 30.4 Å². The fourth-order valence-corrected chi connectivity index (χ4v) is 2.67. The van der Waals surface area contributed by atoms with Gasteiger partial charge in [-0.2, -0.15) is 0 Å². The molecule has 0 bridgehead atoms. The maximum absolute atomic E-state index is 6.11. The molecule has 1 aromatic carbocycles. The van der Waals surface area contributed by atoms with E-state index >= 15 is 0 Å². The zero-order valence-corrected chi connectivity index (χ0v) is 12.0. The lowest BCUT2D eigenvalue weighted by atomic mass is 10.1. The Morgan fingerprint density at radius 2 is 2.11 bits per heavy atom. The van der Waals surface area contributed by atoms with Crippen LogP contribution in [0.4, 0.5) is 0 Å². The van der Waals surface area contributed by atoms with E-state index in [-0.39, 0.29) is 0 Å². The fraction of sp³-hybridized carbons (Fsp3) is 0.571. The number of halogens is 2. The average molecular weight is 288 g/mol. The summed E-state index contributed by atoms with van der Waals surface area (Å²) in [5, 5.41) is 4.24. The van der Waals surface area contributed by atoms with E-state index < -0.39 is 0 Å². The molecule has 1 aliphatic heterocycles. The maximum atomic E-state index is 6.11. The topological polar surface area (TPSA) is 21.3 Å².